The van der Waals surface area contributed by atoms with Crippen LogP contribution in [0.1, 0.15) is 21.5 Å². The van der Waals surface area contributed by atoms with Crippen molar-refractivity contribution in [2.24, 2.45) is 0 Å². The van der Waals surface area contributed by atoms with E-state index in [0.717, 1.165) is 17.4 Å². The van der Waals surface area contributed by atoms with Crippen LogP contribution < -0.4 is 18.9 Å². The van der Waals surface area contributed by atoms with Gasteiger partial charge in [-0.25, -0.2) is 0 Å². The minimum Gasteiger partial charge on any atom is -0.493 e. The van der Waals surface area contributed by atoms with E-state index in [0.29, 0.717) is 35.0 Å². The summed E-state index contributed by atoms with van der Waals surface area (Å²) < 4.78 is 21.1. The van der Waals surface area contributed by atoms with Gasteiger partial charge in [-0.1, -0.05) is 6.07 Å². The van der Waals surface area contributed by atoms with Gasteiger partial charge in [0.05, 0.1) is 28.4 Å². The normalized spacial score (nSPS) is 10.1. The zero-order chi connectivity index (χ0) is 16.8. The zero-order valence-corrected chi connectivity index (χ0v) is 13.7. The molecular weight excluding hydrogens is 296 g/mol. The third-order valence-electron chi connectivity index (χ3n) is 3.61. The zero-order valence-electron chi connectivity index (χ0n) is 13.7. The molecule has 0 spiro atoms. The van der Waals surface area contributed by atoms with E-state index in [4.69, 9.17) is 18.9 Å². The van der Waals surface area contributed by atoms with E-state index in [1.54, 1.807) is 34.5 Å². The van der Waals surface area contributed by atoms with Gasteiger partial charge in [0.15, 0.2) is 23.0 Å². The van der Waals surface area contributed by atoms with Gasteiger partial charge in [0.2, 0.25) is 0 Å². The third kappa shape index (κ3) is 3.56. The van der Waals surface area contributed by atoms with Gasteiger partial charge in [-0.15, -0.1) is 0 Å². The van der Waals surface area contributed by atoms with E-state index in [1.807, 2.05) is 24.3 Å². The molecule has 2 aromatic carbocycles. The van der Waals surface area contributed by atoms with Crippen LogP contribution in [0.15, 0.2) is 30.3 Å². The van der Waals surface area contributed by atoms with Gasteiger partial charge in [0.1, 0.15) is 6.29 Å². The standard InChI is InChI=1S/C18H20O5/c1-20-15-6-5-12(8-16(15)21-2)7-13-9-17(22-3)18(23-4)10-14(13)11-19/h5-6,8-11H,7H2,1-4H3. The second kappa shape index (κ2) is 7.54. The van der Waals surface area contributed by atoms with Crippen molar-refractivity contribution < 1.29 is 23.7 Å². The second-order valence-electron chi connectivity index (χ2n) is 4.89. The Bertz CT molecular complexity index is 694. The molecule has 2 aromatic rings. The Balaban J connectivity index is 2.41. The molecule has 0 fully saturated rings. The SMILES string of the molecule is COc1ccc(Cc2cc(OC)c(OC)cc2C=O)cc1OC. The van der Waals surface area contributed by atoms with Crippen molar-refractivity contribution in [3.8, 4) is 23.0 Å². The fraction of sp³-hybridized carbons (Fsp3) is 0.278. The quantitative estimate of drug-likeness (QED) is 0.735. The summed E-state index contributed by atoms with van der Waals surface area (Å²) in [7, 11) is 6.30. The Hall–Kier alpha value is -2.69. The van der Waals surface area contributed by atoms with Crippen LogP contribution in [0, 0.1) is 0 Å². The largest absolute Gasteiger partial charge is 0.493 e. The number of hydrogen-bond acceptors (Lipinski definition) is 5. The van der Waals surface area contributed by atoms with Crippen LogP contribution in [0.3, 0.4) is 0 Å². The van der Waals surface area contributed by atoms with Gasteiger partial charge in [-0.3, -0.25) is 4.79 Å². The average Bonchev–Trinajstić information content (AvgIpc) is 2.61. The highest BCUT2D eigenvalue weighted by atomic mass is 16.5. The molecule has 23 heavy (non-hydrogen) atoms. The maximum Gasteiger partial charge on any atom is 0.161 e. The lowest BCUT2D eigenvalue weighted by Crippen LogP contribution is -2.00. The third-order valence-corrected chi connectivity index (χ3v) is 3.61. The molecule has 5 heteroatoms. The van der Waals surface area contributed by atoms with E-state index in [2.05, 4.69) is 0 Å². The number of hydrogen-bond donors (Lipinski definition) is 0. The highest BCUT2D eigenvalue weighted by molar-refractivity contribution is 5.79. The molecule has 0 aliphatic carbocycles. The van der Waals surface area contributed by atoms with E-state index < -0.39 is 0 Å². The van der Waals surface area contributed by atoms with Crippen molar-refractivity contribution in [1.29, 1.82) is 0 Å². The van der Waals surface area contributed by atoms with Crippen molar-refractivity contribution in [3.63, 3.8) is 0 Å². The first-order valence-corrected chi connectivity index (χ1v) is 7.07. The first kappa shape index (κ1) is 16.7. The van der Waals surface area contributed by atoms with Crippen LogP contribution in [0.5, 0.6) is 23.0 Å². The van der Waals surface area contributed by atoms with Crippen LogP contribution in [0.2, 0.25) is 0 Å². The molecule has 0 saturated heterocycles. The van der Waals surface area contributed by atoms with E-state index in [1.165, 1.54) is 0 Å². The van der Waals surface area contributed by atoms with Gasteiger partial charge in [0.25, 0.3) is 0 Å². The minimum absolute atomic E-state index is 0.533. The fourth-order valence-corrected chi connectivity index (χ4v) is 2.41. The molecule has 0 saturated carbocycles. The monoisotopic (exact) mass is 316 g/mol. The van der Waals surface area contributed by atoms with Crippen LogP contribution >= 0.6 is 0 Å². The molecule has 0 heterocycles. The molecule has 0 N–H and O–H groups in total. The van der Waals surface area contributed by atoms with E-state index in [9.17, 15) is 4.79 Å². The van der Waals surface area contributed by atoms with Crippen LogP contribution in [0.4, 0.5) is 0 Å². The number of carbonyl (C=O) groups excluding carboxylic acids is 1. The number of ether oxygens (including phenoxy) is 4. The molecule has 0 aliphatic heterocycles. The minimum atomic E-state index is 0.533. The van der Waals surface area contributed by atoms with Crippen molar-refractivity contribution in [3.05, 3.63) is 47.0 Å². The summed E-state index contributed by atoms with van der Waals surface area (Å²) in [6, 6.07) is 9.17. The molecule has 2 rings (SSSR count). The lowest BCUT2D eigenvalue weighted by atomic mass is 9.99. The number of carbonyl (C=O) groups is 1. The van der Waals surface area contributed by atoms with Gasteiger partial charge in [0, 0.05) is 5.56 Å². The molecule has 0 aromatic heterocycles. The Kier molecular flexibility index (Phi) is 5.46. The number of aldehydes is 1. The molecule has 0 amide bonds. The molecular formula is C18H20O5. The Morgan fingerprint density at radius 1 is 0.783 bits per heavy atom. The average molecular weight is 316 g/mol. The van der Waals surface area contributed by atoms with Crippen LogP contribution in [-0.4, -0.2) is 34.7 Å². The van der Waals surface area contributed by atoms with Crippen molar-refractivity contribution in [1.82, 2.24) is 0 Å². The molecule has 5 nitrogen and oxygen atoms in total. The predicted molar refractivity (Wildman–Crippen MR) is 87.3 cm³/mol. The maximum absolute atomic E-state index is 11.4. The Morgan fingerprint density at radius 2 is 1.35 bits per heavy atom. The summed E-state index contributed by atoms with van der Waals surface area (Å²) in [5, 5.41) is 0. The first-order valence-electron chi connectivity index (χ1n) is 7.07. The molecule has 0 bridgehead atoms. The van der Waals surface area contributed by atoms with E-state index >= 15 is 0 Å². The van der Waals surface area contributed by atoms with Crippen molar-refractivity contribution in [2.45, 2.75) is 6.42 Å². The highest BCUT2D eigenvalue weighted by Gasteiger charge is 2.12. The lowest BCUT2D eigenvalue weighted by molar-refractivity contribution is 0.112. The smallest absolute Gasteiger partial charge is 0.161 e. The van der Waals surface area contributed by atoms with Gasteiger partial charge >= 0.3 is 0 Å². The van der Waals surface area contributed by atoms with Crippen LogP contribution in [-0.2, 0) is 6.42 Å². The first-order chi connectivity index (χ1) is 11.2. The predicted octanol–water partition coefficient (Wildman–Crippen LogP) is 3.12. The molecule has 0 unspecified atom stereocenters. The van der Waals surface area contributed by atoms with Gasteiger partial charge in [-0.2, -0.15) is 0 Å². The highest BCUT2D eigenvalue weighted by Crippen LogP contribution is 2.33. The van der Waals surface area contributed by atoms with Crippen molar-refractivity contribution >= 4 is 6.29 Å². The number of benzene rings is 2. The Morgan fingerprint density at radius 3 is 1.91 bits per heavy atom. The molecule has 0 aliphatic rings. The van der Waals surface area contributed by atoms with Crippen LogP contribution in [0.25, 0.3) is 0 Å². The number of rotatable bonds is 7. The fourth-order valence-electron chi connectivity index (χ4n) is 2.41. The summed E-state index contributed by atoms with van der Waals surface area (Å²) in [6.07, 6.45) is 1.38. The summed E-state index contributed by atoms with van der Waals surface area (Å²) >= 11 is 0. The van der Waals surface area contributed by atoms with Gasteiger partial charge in [-0.05, 0) is 41.8 Å². The van der Waals surface area contributed by atoms with Crippen molar-refractivity contribution in [2.75, 3.05) is 28.4 Å². The summed E-state index contributed by atoms with van der Waals surface area (Å²) in [5.74, 6) is 2.44. The second-order valence-corrected chi connectivity index (χ2v) is 4.89. The molecule has 0 atom stereocenters. The van der Waals surface area contributed by atoms with Gasteiger partial charge < -0.3 is 18.9 Å². The van der Waals surface area contributed by atoms with E-state index in [-0.39, 0.29) is 0 Å². The Labute approximate surface area is 135 Å². The number of methoxy groups -OCH3 is 4. The molecule has 122 valence electrons. The summed E-state index contributed by atoms with van der Waals surface area (Å²) in [6.45, 7) is 0. The summed E-state index contributed by atoms with van der Waals surface area (Å²) in [4.78, 5) is 11.4. The maximum atomic E-state index is 11.4. The summed E-state index contributed by atoms with van der Waals surface area (Å²) in [5.41, 5.74) is 2.42. The lowest BCUT2D eigenvalue weighted by Gasteiger charge is -2.13. The molecule has 0 radical (unpaired) electrons. The topological polar surface area (TPSA) is 54.0 Å².